The van der Waals surface area contributed by atoms with Gasteiger partial charge in [0, 0.05) is 18.0 Å². The van der Waals surface area contributed by atoms with Crippen LogP contribution in [0.4, 0.5) is 0 Å². The van der Waals surface area contributed by atoms with Crippen LogP contribution in [0.15, 0.2) is 70.8 Å². The van der Waals surface area contributed by atoms with Crippen molar-refractivity contribution in [2.24, 2.45) is 0 Å². The highest BCUT2D eigenvalue weighted by molar-refractivity contribution is 9.11. The van der Waals surface area contributed by atoms with E-state index in [4.69, 9.17) is 0 Å². The molecule has 3 rings (SSSR count). The number of nitrogens with zero attached hydrogens (tertiary/aromatic N) is 2. The highest BCUT2D eigenvalue weighted by Gasteiger charge is 2.05. The van der Waals surface area contributed by atoms with Crippen LogP contribution in [0.1, 0.15) is 0 Å². The summed E-state index contributed by atoms with van der Waals surface area (Å²) in [5.41, 5.74) is 2.08. The number of imidazole rings is 1. The highest BCUT2D eigenvalue weighted by atomic mass is 79.9. The normalized spacial score (nSPS) is 10.4. The van der Waals surface area contributed by atoms with Gasteiger partial charge < -0.3 is 0 Å². The predicted octanol–water partition coefficient (Wildman–Crippen LogP) is 4.95. The predicted molar refractivity (Wildman–Crippen MR) is 83.8 cm³/mol. The third-order valence-corrected chi connectivity index (χ3v) is 4.12. The fourth-order valence-corrected chi connectivity index (χ4v) is 3.12. The molecule has 0 saturated heterocycles. The maximum Gasteiger partial charge on any atom is 0.195 e. The van der Waals surface area contributed by atoms with Crippen LogP contribution in [-0.2, 0) is 0 Å². The Kier molecular flexibility index (Phi) is 3.62. The second-order valence-corrected chi connectivity index (χ2v) is 6.38. The monoisotopic (exact) mass is 330 g/mol. The summed E-state index contributed by atoms with van der Waals surface area (Å²) in [6, 6.07) is 18.2. The smallest absolute Gasteiger partial charge is 0.195 e. The molecule has 0 spiro atoms. The Hall–Kier alpha value is -1.65. The average Bonchev–Trinajstić information content (AvgIpc) is 2.93. The Morgan fingerprint density at radius 1 is 0.895 bits per heavy atom. The van der Waals surface area contributed by atoms with Crippen LogP contribution in [0.3, 0.4) is 0 Å². The molecule has 2 nitrogen and oxygen atoms in total. The van der Waals surface area contributed by atoms with E-state index in [-0.39, 0.29) is 0 Å². The Morgan fingerprint density at radius 3 is 2.16 bits per heavy atom. The van der Waals surface area contributed by atoms with Gasteiger partial charge in [-0.25, -0.2) is 4.98 Å². The van der Waals surface area contributed by atoms with Gasteiger partial charge in [-0.3, -0.25) is 4.40 Å². The lowest BCUT2D eigenvalue weighted by molar-refractivity contribution is 1.23. The summed E-state index contributed by atoms with van der Waals surface area (Å²) in [6.45, 7) is 0. The molecule has 0 saturated carbocycles. The van der Waals surface area contributed by atoms with E-state index in [0.717, 1.165) is 20.0 Å². The maximum atomic E-state index is 4.64. The molecular formula is C15H11BrN2S. The molecule has 0 atom stereocenters. The number of fused-ring (bicyclic) bond motifs is 1. The summed E-state index contributed by atoms with van der Waals surface area (Å²) < 4.78 is 3.13. The first-order valence-corrected chi connectivity index (χ1v) is 7.47. The van der Waals surface area contributed by atoms with Gasteiger partial charge in [0.15, 0.2) is 4.96 Å². The molecule has 2 heterocycles. The van der Waals surface area contributed by atoms with Crippen molar-refractivity contribution in [1.29, 1.82) is 0 Å². The van der Waals surface area contributed by atoms with Gasteiger partial charge >= 0.3 is 0 Å². The molecule has 0 radical (unpaired) electrons. The minimum Gasteiger partial charge on any atom is -0.296 e. The van der Waals surface area contributed by atoms with Crippen molar-refractivity contribution in [2.75, 3.05) is 0 Å². The zero-order chi connectivity index (χ0) is 13.1. The molecule has 0 fully saturated rings. The number of hydrogen-bond acceptors (Lipinski definition) is 2. The topological polar surface area (TPSA) is 17.3 Å². The Bertz CT molecular complexity index is 703. The van der Waals surface area contributed by atoms with Crippen LogP contribution in [0.2, 0.25) is 0 Å². The van der Waals surface area contributed by atoms with Crippen molar-refractivity contribution in [3.63, 3.8) is 0 Å². The first kappa shape index (κ1) is 12.4. The van der Waals surface area contributed by atoms with Gasteiger partial charge in [-0.1, -0.05) is 65.9 Å². The van der Waals surface area contributed by atoms with Crippen LogP contribution >= 0.6 is 27.3 Å². The van der Waals surface area contributed by atoms with Crippen molar-refractivity contribution in [3.8, 4) is 11.3 Å². The Labute approximate surface area is 123 Å². The van der Waals surface area contributed by atoms with E-state index in [2.05, 4.69) is 33.0 Å². The minimum absolute atomic E-state index is 0.984. The molecule has 0 bridgehead atoms. The molecule has 0 unspecified atom stereocenters. The van der Waals surface area contributed by atoms with E-state index < -0.39 is 0 Å². The van der Waals surface area contributed by atoms with E-state index in [0.29, 0.717) is 0 Å². The van der Waals surface area contributed by atoms with Gasteiger partial charge in [0.2, 0.25) is 0 Å². The molecule has 0 aliphatic carbocycles. The van der Waals surface area contributed by atoms with Gasteiger partial charge in [0.1, 0.15) is 0 Å². The molecule has 0 aliphatic heterocycles. The first-order valence-electron chi connectivity index (χ1n) is 5.86. The van der Waals surface area contributed by atoms with Crippen molar-refractivity contribution in [2.45, 2.75) is 0 Å². The van der Waals surface area contributed by atoms with Gasteiger partial charge in [0.25, 0.3) is 0 Å². The second-order valence-electron chi connectivity index (χ2n) is 3.99. The van der Waals surface area contributed by atoms with Gasteiger partial charge in [-0.2, -0.15) is 0 Å². The summed E-state index contributed by atoms with van der Waals surface area (Å²) in [4.78, 5) is 5.63. The minimum atomic E-state index is 0.984. The molecule has 0 amide bonds. The quantitative estimate of drug-likeness (QED) is 0.617. The van der Waals surface area contributed by atoms with E-state index in [1.54, 1.807) is 11.3 Å². The van der Waals surface area contributed by atoms with E-state index in [1.165, 1.54) is 0 Å². The first-order chi connectivity index (χ1) is 9.33. The SMILES string of the molecule is Brc1cn2cc(-c3ccccccccc3)nc2s1. The molecule has 94 valence electrons. The highest BCUT2D eigenvalue weighted by Crippen LogP contribution is 2.26. The zero-order valence-electron chi connectivity index (χ0n) is 10.0. The number of thiazole rings is 1. The number of hydrogen-bond donors (Lipinski definition) is 0. The Balaban J connectivity index is 2.12. The van der Waals surface area contributed by atoms with Crippen molar-refractivity contribution >= 4 is 32.2 Å². The van der Waals surface area contributed by atoms with Crippen LogP contribution < -0.4 is 0 Å². The molecule has 0 N–H and O–H groups in total. The molecule has 2 aromatic heterocycles. The van der Waals surface area contributed by atoms with Crippen molar-refractivity contribution in [1.82, 2.24) is 9.38 Å². The molecule has 0 aliphatic rings. The summed E-state index contributed by atoms with van der Waals surface area (Å²) in [6.07, 6.45) is 4.07. The van der Waals surface area contributed by atoms with Crippen LogP contribution in [0.25, 0.3) is 16.2 Å². The summed E-state index contributed by atoms with van der Waals surface area (Å²) in [7, 11) is 0. The molecule has 19 heavy (non-hydrogen) atoms. The third-order valence-electron chi connectivity index (χ3n) is 2.64. The van der Waals surface area contributed by atoms with Crippen LogP contribution in [0, 0.1) is 0 Å². The van der Waals surface area contributed by atoms with E-state index in [1.807, 2.05) is 59.3 Å². The van der Waals surface area contributed by atoms with Gasteiger partial charge in [-0.05, 0) is 15.9 Å². The van der Waals surface area contributed by atoms with Gasteiger partial charge in [0.05, 0.1) is 9.48 Å². The number of halogens is 1. The molecule has 1 aromatic carbocycles. The molecular weight excluding hydrogens is 320 g/mol. The van der Waals surface area contributed by atoms with Crippen LogP contribution in [0.5, 0.6) is 0 Å². The Morgan fingerprint density at radius 2 is 1.53 bits per heavy atom. The lowest BCUT2D eigenvalue weighted by Gasteiger charge is -1.91. The summed E-state index contributed by atoms with van der Waals surface area (Å²) >= 11 is 5.10. The lowest BCUT2D eigenvalue weighted by Crippen LogP contribution is -1.73. The van der Waals surface area contributed by atoms with Crippen molar-refractivity contribution in [3.05, 3.63) is 70.8 Å². The standard InChI is InChI=1S/C15H11BrN2S/c16-14-11-18-10-13(17-15(18)19-14)12-8-6-4-2-1-3-5-7-9-12/h1-11H. The molecule has 4 heteroatoms. The van der Waals surface area contributed by atoms with Gasteiger partial charge in [-0.15, -0.1) is 0 Å². The maximum absolute atomic E-state index is 4.64. The fourth-order valence-electron chi connectivity index (χ4n) is 1.77. The third kappa shape index (κ3) is 2.85. The lowest BCUT2D eigenvalue weighted by atomic mass is 10.2. The van der Waals surface area contributed by atoms with E-state index >= 15 is 0 Å². The van der Waals surface area contributed by atoms with Crippen LogP contribution in [-0.4, -0.2) is 9.38 Å². The average molecular weight is 331 g/mol. The summed E-state index contributed by atoms with van der Waals surface area (Å²) in [5.74, 6) is 0. The van der Waals surface area contributed by atoms with Crippen molar-refractivity contribution < 1.29 is 0 Å². The van der Waals surface area contributed by atoms with E-state index in [9.17, 15) is 0 Å². The molecule has 3 aromatic rings. The zero-order valence-corrected chi connectivity index (χ0v) is 12.4. The summed E-state index contributed by atoms with van der Waals surface area (Å²) in [5, 5.41) is 0. The number of aromatic nitrogens is 2. The number of rotatable bonds is 1. The fraction of sp³-hybridized carbons (Fsp3) is 0. The second kappa shape index (κ2) is 5.55. The largest absolute Gasteiger partial charge is 0.296 e.